The molecule has 5 aromatic rings. The zero-order valence-corrected chi connectivity index (χ0v) is 18.9. The number of carboxylic acid groups (broad SMARTS) is 1. The molecule has 0 bridgehead atoms. The number of nitrogens with one attached hydrogen (secondary N) is 2. The summed E-state index contributed by atoms with van der Waals surface area (Å²) in [5, 5.41) is 20.8. The summed E-state index contributed by atoms with van der Waals surface area (Å²) >= 11 is 0. The van der Waals surface area contributed by atoms with Crippen LogP contribution in [0.1, 0.15) is 21.7 Å². The summed E-state index contributed by atoms with van der Waals surface area (Å²) in [5.41, 5.74) is 2.95. The molecule has 2 aromatic carbocycles. The molecule has 0 saturated heterocycles. The normalized spacial score (nSPS) is 11.9. The molecule has 3 aromatic heterocycles. The summed E-state index contributed by atoms with van der Waals surface area (Å²) < 4.78 is 3.47. The van der Waals surface area contributed by atoms with E-state index in [0.29, 0.717) is 23.3 Å². The number of aromatic amines is 1. The van der Waals surface area contributed by atoms with Gasteiger partial charge in [-0.2, -0.15) is 0 Å². The lowest BCUT2D eigenvalue weighted by atomic mass is 10.1. The Hall–Kier alpha value is -5.06. The molecule has 0 fully saturated rings. The van der Waals surface area contributed by atoms with E-state index in [1.807, 2.05) is 47.0 Å². The van der Waals surface area contributed by atoms with Crippen LogP contribution in [0.25, 0.3) is 16.6 Å². The van der Waals surface area contributed by atoms with Crippen LogP contribution >= 0.6 is 0 Å². The highest BCUT2D eigenvalue weighted by Gasteiger charge is 2.27. The molecule has 11 nitrogen and oxygen atoms in total. The molecule has 3 heterocycles. The van der Waals surface area contributed by atoms with Crippen molar-refractivity contribution in [2.24, 2.45) is 0 Å². The highest BCUT2D eigenvalue weighted by atomic mass is 16.4. The molecule has 1 amide bonds. The third-order valence-electron chi connectivity index (χ3n) is 5.72. The number of amides is 1. The summed E-state index contributed by atoms with van der Waals surface area (Å²) in [6.07, 6.45) is 6.22. The van der Waals surface area contributed by atoms with Gasteiger partial charge < -0.3 is 20.0 Å². The molecule has 0 radical (unpaired) electrons. The van der Waals surface area contributed by atoms with Crippen LogP contribution in [0.4, 0.5) is 0 Å². The molecule has 0 saturated carbocycles. The number of hydrogen-bond acceptors (Lipinski definition) is 6. The zero-order valence-electron chi connectivity index (χ0n) is 18.9. The van der Waals surface area contributed by atoms with Gasteiger partial charge in [0, 0.05) is 35.4 Å². The Labute approximate surface area is 204 Å². The minimum absolute atomic E-state index is 0.0345. The molecule has 3 N–H and O–H groups in total. The first-order chi connectivity index (χ1) is 17.5. The fraction of sp³-hybridized carbons (Fsp3) is 0.120. The average molecular weight is 483 g/mol. The highest BCUT2D eigenvalue weighted by Crippen LogP contribution is 2.23. The van der Waals surface area contributed by atoms with E-state index in [1.54, 1.807) is 29.2 Å². The molecule has 180 valence electrons. The second-order valence-electron chi connectivity index (χ2n) is 8.15. The van der Waals surface area contributed by atoms with E-state index in [0.717, 1.165) is 11.2 Å². The third-order valence-corrected chi connectivity index (χ3v) is 5.72. The van der Waals surface area contributed by atoms with Gasteiger partial charge in [0.1, 0.15) is 11.7 Å². The molecule has 0 aliphatic carbocycles. The summed E-state index contributed by atoms with van der Waals surface area (Å²) in [4.78, 5) is 44.2. The van der Waals surface area contributed by atoms with Crippen molar-refractivity contribution in [2.75, 3.05) is 0 Å². The maximum absolute atomic E-state index is 13.1. The predicted molar refractivity (Wildman–Crippen MR) is 129 cm³/mol. The lowest BCUT2D eigenvalue weighted by Crippen LogP contribution is -2.45. The number of hydrogen-bond donors (Lipinski definition) is 3. The van der Waals surface area contributed by atoms with Crippen LogP contribution in [0.2, 0.25) is 0 Å². The fourth-order valence-corrected chi connectivity index (χ4v) is 3.97. The molecule has 0 spiro atoms. The predicted octanol–water partition coefficient (Wildman–Crippen LogP) is 1.99. The number of nitrogens with zero attached hydrogens (tertiary/aromatic N) is 5. The quantitative estimate of drug-likeness (QED) is 0.214. The number of aliphatic carboxylic acids is 1. The number of aromatic nitrogens is 6. The smallest absolute Gasteiger partial charge is 0.326 e. The SMILES string of the molecule is O=C(N[C@H](Cc1cnc[nH]1)C(=O)O)C(=O)c1cn(Cc2cn(-c3ccccc3)nn2)c2ccccc12. The number of Topliss-reactive ketones (excluding diaryl/α,β-unsaturated/α-hetero) is 1. The van der Waals surface area contributed by atoms with Gasteiger partial charge in [0.15, 0.2) is 0 Å². The summed E-state index contributed by atoms with van der Waals surface area (Å²) in [6, 6.07) is 15.4. The number of carboxylic acids is 1. The number of para-hydroxylation sites is 2. The van der Waals surface area contributed by atoms with Crippen LogP contribution in [0.15, 0.2) is 79.5 Å². The first-order valence-corrected chi connectivity index (χ1v) is 11.1. The standard InChI is InChI=1S/C25H21N7O4/c33-23(24(34)28-21(25(35)36)10-16-11-26-15-27-16)20-14-31(22-9-5-4-8-19(20)22)12-17-13-32(30-29-17)18-6-2-1-3-7-18/h1-9,11,13-15,21H,10,12H2,(H,26,27)(H,28,34)(H,35,36)/t21-/m1/s1. The lowest BCUT2D eigenvalue weighted by molar-refractivity contribution is -0.141. The Bertz CT molecular complexity index is 1540. The molecule has 36 heavy (non-hydrogen) atoms. The average Bonchev–Trinajstić information content (AvgIpc) is 3.65. The minimum atomic E-state index is -1.29. The zero-order chi connectivity index (χ0) is 25.1. The Morgan fingerprint density at radius 2 is 1.81 bits per heavy atom. The largest absolute Gasteiger partial charge is 0.480 e. The van der Waals surface area contributed by atoms with Gasteiger partial charge >= 0.3 is 5.97 Å². The molecular formula is C25H21N7O4. The number of imidazole rings is 1. The van der Waals surface area contributed by atoms with Crippen molar-refractivity contribution < 1.29 is 19.5 Å². The molecule has 1 atom stereocenters. The number of carbonyl (C=O) groups is 3. The van der Waals surface area contributed by atoms with Crippen molar-refractivity contribution in [3.63, 3.8) is 0 Å². The van der Waals surface area contributed by atoms with Gasteiger partial charge in [-0.3, -0.25) is 9.59 Å². The lowest BCUT2D eigenvalue weighted by Gasteiger charge is -2.12. The number of carbonyl (C=O) groups excluding carboxylic acids is 2. The van der Waals surface area contributed by atoms with E-state index in [-0.39, 0.29) is 12.0 Å². The van der Waals surface area contributed by atoms with Crippen molar-refractivity contribution >= 4 is 28.6 Å². The van der Waals surface area contributed by atoms with Crippen LogP contribution in [-0.2, 0) is 22.6 Å². The molecule has 0 aliphatic heterocycles. The van der Waals surface area contributed by atoms with Crippen LogP contribution in [0.3, 0.4) is 0 Å². The Morgan fingerprint density at radius 3 is 2.56 bits per heavy atom. The van der Waals surface area contributed by atoms with E-state index in [2.05, 4.69) is 25.6 Å². The van der Waals surface area contributed by atoms with Crippen molar-refractivity contribution in [3.8, 4) is 5.69 Å². The molecule has 5 rings (SSSR count). The number of rotatable bonds is 9. The van der Waals surface area contributed by atoms with Gasteiger partial charge in [-0.15, -0.1) is 5.10 Å². The molecular weight excluding hydrogens is 462 g/mol. The summed E-state index contributed by atoms with van der Waals surface area (Å²) in [5.74, 6) is -3.08. The van der Waals surface area contributed by atoms with Gasteiger partial charge in [-0.05, 0) is 18.2 Å². The molecule has 11 heteroatoms. The van der Waals surface area contributed by atoms with E-state index in [9.17, 15) is 19.5 Å². The number of ketones is 1. The van der Waals surface area contributed by atoms with E-state index < -0.39 is 23.7 Å². The summed E-state index contributed by atoms with van der Waals surface area (Å²) in [7, 11) is 0. The first kappa shape index (κ1) is 22.7. The van der Waals surface area contributed by atoms with Crippen molar-refractivity contribution in [1.82, 2.24) is 34.8 Å². The Kier molecular flexibility index (Phi) is 6.10. The van der Waals surface area contributed by atoms with Gasteiger partial charge in [0.25, 0.3) is 11.7 Å². The minimum Gasteiger partial charge on any atom is -0.480 e. The van der Waals surface area contributed by atoms with Gasteiger partial charge in [-0.1, -0.05) is 41.6 Å². The van der Waals surface area contributed by atoms with Crippen LogP contribution < -0.4 is 5.32 Å². The van der Waals surface area contributed by atoms with E-state index in [1.165, 1.54) is 12.5 Å². The van der Waals surface area contributed by atoms with Crippen molar-refractivity contribution in [1.29, 1.82) is 0 Å². The summed E-state index contributed by atoms with van der Waals surface area (Å²) in [6.45, 7) is 0.319. The van der Waals surface area contributed by atoms with Crippen LogP contribution in [0, 0.1) is 0 Å². The number of benzene rings is 2. The van der Waals surface area contributed by atoms with Crippen LogP contribution in [-0.4, -0.2) is 58.3 Å². The Balaban J connectivity index is 1.38. The third kappa shape index (κ3) is 4.62. The first-order valence-electron chi connectivity index (χ1n) is 11.1. The second-order valence-corrected chi connectivity index (χ2v) is 8.15. The molecule has 0 unspecified atom stereocenters. The maximum Gasteiger partial charge on any atom is 0.326 e. The van der Waals surface area contributed by atoms with Gasteiger partial charge in [0.2, 0.25) is 0 Å². The van der Waals surface area contributed by atoms with Crippen molar-refractivity contribution in [2.45, 2.75) is 19.0 Å². The van der Waals surface area contributed by atoms with E-state index >= 15 is 0 Å². The van der Waals surface area contributed by atoms with Crippen LogP contribution in [0.5, 0.6) is 0 Å². The topological polar surface area (TPSA) is 148 Å². The van der Waals surface area contributed by atoms with Gasteiger partial charge in [0.05, 0.1) is 30.3 Å². The Morgan fingerprint density at radius 1 is 1.03 bits per heavy atom. The second kappa shape index (κ2) is 9.66. The number of H-pyrrole nitrogens is 1. The highest BCUT2D eigenvalue weighted by molar-refractivity contribution is 6.45. The fourth-order valence-electron chi connectivity index (χ4n) is 3.97. The monoisotopic (exact) mass is 483 g/mol. The van der Waals surface area contributed by atoms with Gasteiger partial charge in [-0.25, -0.2) is 14.5 Å². The maximum atomic E-state index is 13.1. The number of fused-ring (bicyclic) bond motifs is 1. The van der Waals surface area contributed by atoms with E-state index in [4.69, 9.17) is 0 Å². The molecule has 0 aliphatic rings. The van der Waals surface area contributed by atoms with Crippen molar-refractivity contribution in [3.05, 3.63) is 96.5 Å².